The third-order valence-electron chi connectivity index (χ3n) is 5.01. The van der Waals surface area contributed by atoms with Gasteiger partial charge in [0.15, 0.2) is 0 Å². The van der Waals surface area contributed by atoms with Gasteiger partial charge in [-0.15, -0.1) is 0 Å². The molecule has 1 fully saturated rings. The van der Waals surface area contributed by atoms with Gasteiger partial charge < -0.3 is 16.0 Å². The first-order valence-electron chi connectivity index (χ1n) is 9.98. The van der Waals surface area contributed by atoms with E-state index in [2.05, 4.69) is 16.0 Å². The number of amides is 3. The Kier molecular flexibility index (Phi) is 6.21. The predicted octanol–water partition coefficient (Wildman–Crippen LogP) is 4.99. The zero-order chi connectivity index (χ0) is 22.8. The van der Waals surface area contributed by atoms with Crippen LogP contribution in [0.2, 0.25) is 10.0 Å². The molecule has 0 bridgehead atoms. The molecule has 0 unspecified atom stereocenters. The van der Waals surface area contributed by atoms with Crippen LogP contribution < -0.4 is 21.5 Å². The number of aromatic nitrogens is 1. The Bertz CT molecular complexity index is 1250. The number of aryl methyl sites for hydroxylation is 1. The molecule has 0 radical (unpaired) electrons. The van der Waals surface area contributed by atoms with Crippen molar-refractivity contribution in [3.05, 3.63) is 86.3 Å². The Morgan fingerprint density at radius 2 is 1.72 bits per heavy atom. The quantitative estimate of drug-likeness (QED) is 0.490. The second-order valence-corrected chi connectivity index (χ2v) is 8.37. The first kappa shape index (κ1) is 21.9. The Balaban J connectivity index is 1.57. The minimum atomic E-state index is -0.426. The van der Waals surface area contributed by atoms with Crippen LogP contribution in [0, 0.1) is 6.92 Å². The summed E-state index contributed by atoms with van der Waals surface area (Å²) in [4.78, 5) is 37.3. The molecule has 0 spiro atoms. The molecular weight excluding hydrogens is 451 g/mol. The van der Waals surface area contributed by atoms with Crippen LogP contribution in [0.25, 0.3) is 5.69 Å². The maximum absolute atomic E-state index is 12.9. The zero-order valence-electron chi connectivity index (χ0n) is 17.1. The van der Waals surface area contributed by atoms with Gasteiger partial charge in [0, 0.05) is 29.7 Å². The van der Waals surface area contributed by atoms with Crippen molar-refractivity contribution in [2.45, 2.75) is 25.8 Å². The third-order valence-corrected chi connectivity index (χ3v) is 5.62. The van der Waals surface area contributed by atoms with E-state index in [1.165, 1.54) is 22.9 Å². The van der Waals surface area contributed by atoms with Gasteiger partial charge >= 0.3 is 6.03 Å². The summed E-state index contributed by atoms with van der Waals surface area (Å²) in [5.41, 5.74) is 2.07. The van der Waals surface area contributed by atoms with Crippen LogP contribution in [-0.2, 0) is 0 Å². The highest BCUT2D eigenvalue weighted by Gasteiger charge is 2.23. The fraction of sp³-hybridized carbons (Fsp3) is 0.174. The highest BCUT2D eigenvalue weighted by molar-refractivity contribution is 6.37. The number of urea groups is 1. The number of benzene rings is 2. The summed E-state index contributed by atoms with van der Waals surface area (Å²) in [6.45, 7) is 1.84. The highest BCUT2D eigenvalue weighted by atomic mass is 35.5. The SMILES string of the molecule is Cc1ccc(NC(=O)NC2CC2)cc1NC(=O)c1ccc(=O)n(-c2c(Cl)cccc2Cl)c1. The lowest BCUT2D eigenvalue weighted by Gasteiger charge is -2.14. The van der Waals surface area contributed by atoms with Crippen molar-refractivity contribution >= 4 is 46.5 Å². The van der Waals surface area contributed by atoms with Crippen LogP contribution in [0.5, 0.6) is 0 Å². The average molecular weight is 471 g/mol. The summed E-state index contributed by atoms with van der Waals surface area (Å²) in [7, 11) is 0. The highest BCUT2D eigenvalue weighted by Crippen LogP contribution is 2.27. The maximum Gasteiger partial charge on any atom is 0.319 e. The van der Waals surface area contributed by atoms with Crippen LogP contribution in [0.1, 0.15) is 28.8 Å². The molecule has 2 aromatic carbocycles. The zero-order valence-corrected chi connectivity index (χ0v) is 18.6. The summed E-state index contributed by atoms with van der Waals surface area (Å²) in [5.74, 6) is -0.426. The number of hydrogen-bond donors (Lipinski definition) is 3. The number of halogens is 2. The van der Waals surface area contributed by atoms with Gasteiger partial charge in [-0.25, -0.2) is 4.79 Å². The van der Waals surface area contributed by atoms with Gasteiger partial charge in [-0.3, -0.25) is 14.2 Å². The number of rotatable bonds is 5. The van der Waals surface area contributed by atoms with Gasteiger partial charge in [0.05, 0.1) is 21.3 Å². The standard InChI is InChI=1S/C23H20Cl2N4O3/c1-13-5-7-16(27-23(32)26-15-8-9-15)11-19(13)28-22(31)14-6-10-20(30)29(12-14)21-17(24)3-2-4-18(21)25/h2-7,10-12,15H,8-9H2,1H3,(H,28,31)(H2,26,27,32). The largest absolute Gasteiger partial charge is 0.335 e. The number of nitrogens with one attached hydrogen (secondary N) is 3. The minimum absolute atomic E-state index is 0.238. The number of nitrogens with zero attached hydrogens (tertiary/aromatic N) is 1. The van der Waals surface area contributed by atoms with E-state index in [1.54, 1.807) is 36.4 Å². The van der Waals surface area contributed by atoms with Crippen molar-refractivity contribution in [1.29, 1.82) is 0 Å². The summed E-state index contributed by atoms with van der Waals surface area (Å²) < 4.78 is 1.24. The van der Waals surface area contributed by atoms with Crippen molar-refractivity contribution in [1.82, 2.24) is 9.88 Å². The molecule has 3 aromatic rings. The van der Waals surface area contributed by atoms with Crippen LogP contribution in [0.15, 0.2) is 59.5 Å². The van der Waals surface area contributed by atoms with Gasteiger partial charge in [0.1, 0.15) is 0 Å². The Morgan fingerprint density at radius 3 is 2.41 bits per heavy atom. The number of anilines is 2. The number of carbonyl (C=O) groups is 2. The van der Waals surface area contributed by atoms with Crippen LogP contribution in [0.4, 0.5) is 16.2 Å². The van der Waals surface area contributed by atoms with Crippen molar-refractivity contribution in [2.75, 3.05) is 10.6 Å². The second kappa shape index (κ2) is 9.06. The summed E-state index contributed by atoms with van der Waals surface area (Å²) in [6.07, 6.45) is 3.37. The van der Waals surface area contributed by atoms with Gasteiger partial charge in [-0.05, 0) is 55.7 Å². The smallest absolute Gasteiger partial charge is 0.319 e. The van der Waals surface area contributed by atoms with E-state index in [0.29, 0.717) is 17.1 Å². The van der Waals surface area contributed by atoms with E-state index in [1.807, 2.05) is 6.92 Å². The Hall–Kier alpha value is -3.29. The van der Waals surface area contributed by atoms with E-state index < -0.39 is 5.91 Å². The third kappa shape index (κ3) is 4.95. The van der Waals surface area contributed by atoms with Gasteiger partial charge in [0.25, 0.3) is 11.5 Å². The molecule has 0 saturated heterocycles. The maximum atomic E-state index is 12.9. The van der Waals surface area contributed by atoms with Crippen molar-refractivity contribution in [2.24, 2.45) is 0 Å². The lowest BCUT2D eigenvalue weighted by molar-refractivity contribution is 0.102. The van der Waals surface area contributed by atoms with Crippen molar-refractivity contribution < 1.29 is 9.59 Å². The van der Waals surface area contributed by atoms with Crippen molar-refractivity contribution in [3.63, 3.8) is 0 Å². The molecule has 1 aliphatic rings. The van der Waals surface area contributed by atoms with E-state index in [-0.39, 0.29) is 33.2 Å². The lowest BCUT2D eigenvalue weighted by atomic mass is 10.1. The van der Waals surface area contributed by atoms with Gasteiger partial charge in [-0.2, -0.15) is 0 Å². The Labute approximate surface area is 194 Å². The molecule has 9 heteroatoms. The van der Waals surface area contributed by atoms with Crippen LogP contribution in [0.3, 0.4) is 0 Å². The number of carbonyl (C=O) groups excluding carboxylic acids is 2. The second-order valence-electron chi connectivity index (χ2n) is 7.55. The fourth-order valence-electron chi connectivity index (χ4n) is 3.12. The van der Waals surface area contributed by atoms with Gasteiger partial charge in [-0.1, -0.05) is 35.3 Å². The first-order chi connectivity index (χ1) is 15.3. The van der Waals surface area contributed by atoms with Crippen molar-refractivity contribution in [3.8, 4) is 5.69 Å². The van der Waals surface area contributed by atoms with E-state index in [0.717, 1.165) is 18.4 Å². The summed E-state index contributed by atoms with van der Waals surface area (Å²) in [5, 5.41) is 9.02. The molecule has 1 saturated carbocycles. The number of hydrogen-bond acceptors (Lipinski definition) is 3. The van der Waals surface area contributed by atoms with E-state index >= 15 is 0 Å². The molecule has 3 N–H and O–H groups in total. The van der Waals surface area contributed by atoms with Crippen LogP contribution in [-0.4, -0.2) is 22.5 Å². The molecule has 1 aromatic heterocycles. The molecule has 1 heterocycles. The topological polar surface area (TPSA) is 92.2 Å². The average Bonchev–Trinajstić information content (AvgIpc) is 3.55. The molecule has 7 nitrogen and oxygen atoms in total. The number of para-hydroxylation sites is 1. The van der Waals surface area contributed by atoms with Crippen LogP contribution >= 0.6 is 23.2 Å². The fourth-order valence-corrected chi connectivity index (χ4v) is 3.70. The summed E-state index contributed by atoms with van der Waals surface area (Å²) >= 11 is 12.5. The number of pyridine rings is 1. The molecule has 0 atom stereocenters. The first-order valence-corrected chi connectivity index (χ1v) is 10.7. The molecule has 3 amide bonds. The molecule has 1 aliphatic carbocycles. The molecule has 0 aliphatic heterocycles. The molecule has 4 rings (SSSR count). The van der Waals surface area contributed by atoms with E-state index in [9.17, 15) is 14.4 Å². The van der Waals surface area contributed by atoms with Gasteiger partial charge in [0.2, 0.25) is 0 Å². The molecular formula is C23H20Cl2N4O3. The molecule has 164 valence electrons. The predicted molar refractivity (Wildman–Crippen MR) is 126 cm³/mol. The van der Waals surface area contributed by atoms with E-state index in [4.69, 9.17) is 23.2 Å². The molecule has 32 heavy (non-hydrogen) atoms. The summed E-state index contributed by atoms with van der Waals surface area (Å²) in [6, 6.07) is 12.8. The normalized spacial score (nSPS) is 12.8. The lowest BCUT2D eigenvalue weighted by Crippen LogP contribution is -2.30. The Morgan fingerprint density at radius 1 is 1.00 bits per heavy atom. The minimum Gasteiger partial charge on any atom is -0.335 e. The monoisotopic (exact) mass is 470 g/mol.